The van der Waals surface area contributed by atoms with E-state index in [0.717, 1.165) is 18.7 Å². The van der Waals surface area contributed by atoms with Crippen LogP contribution in [0.1, 0.15) is 41.0 Å². The average Bonchev–Trinajstić information content (AvgIpc) is 2.58. The average molecular weight is 191 g/mol. The van der Waals surface area contributed by atoms with Crippen LogP contribution in [0.15, 0.2) is 0 Å². The third-order valence-electron chi connectivity index (χ3n) is 1.13. The number of nitrogens with zero attached hydrogens (tertiary/aromatic N) is 1. The van der Waals surface area contributed by atoms with Gasteiger partial charge in [0, 0.05) is 18.7 Å². The van der Waals surface area contributed by atoms with Crippen molar-refractivity contribution < 1.29 is 4.79 Å². The molecule has 0 bridgehead atoms. The van der Waals surface area contributed by atoms with Crippen LogP contribution in [0.4, 0.5) is 0 Å². The Kier molecular flexibility index (Phi) is 12.9. The number of carbonyl (C=O) groups is 1. The zero-order valence-corrected chi connectivity index (χ0v) is 9.70. The highest BCUT2D eigenvalue weighted by Crippen LogP contribution is 2.19. The number of hydrogen-bond acceptors (Lipinski definition) is 2. The fraction of sp³-hybridized carbons (Fsp3) is 0.889. The van der Waals surface area contributed by atoms with E-state index >= 15 is 0 Å². The Labute approximate surface area is 80.8 Å². The summed E-state index contributed by atoms with van der Waals surface area (Å²) in [7, 11) is 0. The van der Waals surface area contributed by atoms with Crippen molar-refractivity contribution in [3.63, 3.8) is 0 Å². The van der Waals surface area contributed by atoms with Gasteiger partial charge in [-0.25, -0.2) is 0 Å². The van der Waals surface area contributed by atoms with Gasteiger partial charge in [0.1, 0.15) is 0 Å². The van der Waals surface area contributed by atoms with E-state index in [0.29, 0.717) is 0 Å². The van der Waals surface area contributed by atoms with E-state index in [1.807, 2.05) is 34.6 Å². The maximum atomic E-state index is 10.7. The lowest BCUT2D eigenvalue weighted by molar-refractivity contribution is -0.124. The predicted molar refractivity (Wildman–Crippen MR) is 57.2 cm³/mol. The van der Waals surface area contributed by atoms with Gasteiger partial charge in [0.05, 0.1) is 0 Å². The summed E-state index contributed by atoms with van der Waals surface area (Å²) in [6.45, 7) is 10.8. The van der Waals surface area contributed by atoms with Gasteiger partial charge in [-0.2, -0.15) is 0 Å². The fourth-order valence-electron chi connectivity index (χ4n) is 0.707. The first kappa shape index (κ1) is 14.3. The Morgan fingerprint density at radius 3 is 2.00 bits per heavy atom. The molecule has 0 unspecified atom stereocenters. The quantitative estimate of drug-likeness (QED) is 0.594. The standard InChI is InChI=1S/C5H9NOS.2C2H6/c1-2-6-5(7)3-4-8-6;2*1-2/h2-4H2,1H3;2*1-2H3. The Bertz CT molecular complexity index is 107. The summed E-state index contributed by atoms with van der Waals surface area (Å²) < 4.78 is 1.81. The number of hydrogen-bond donors (Lipinski definition) is 0. The Balaban J connectivity index is 0. The van der Waals surface area contributed by atoms with Gasteiger partial charge in [0.15, 0.2) is 0 Å². The molecule has 74 valence electrons. The van der Waals surface area contributed by atoms with E-state index in [9.17, 15) is 4.79 Å². The molecule has 0 aromatic heterocycles. The molecule has 1 fully saturated rings. The molecule has 0 aromatic rings. The van der Waals surface area contributed by atoms with Crippen molar-refractivity contribution in [2.24, 2.45) is 0 Å². The zero-order chi connectivity index (χ0) is 9.98. The lowest BCUT2D eigenvalue weighted by Crippen LogP contribution is -2.16. The summed E-state index contributed by atoms with van der Waals surface area (Å²) in [6.07, 6.45) is 0.735. The first-order valence-corrected chi connectivity index (χ1v) is 5.72. The summed E-state index contributed by atoms with van der Waals surface area (Å²) >= 11 is 1.63. The van der Waals surface area contributed by atoms with E-state index in [2.05, 4.69) is 0 Å². The van der Waals surface area contributed by atoms with Crippen LogP contribution in [0.3, 0.4) is 0 Å². The fourth-order valence-corrected chi connectivity index (χ4v) is 1.61. The van der Waals surface area contributed by atoms with Crippen LogP contribution in [0.5, 0.6) is 0 Å². The highest BCUT2D eigenvalue weighted by Gasteiger charge is 2.18. The first-order valence-electron chi connectivity index (χ1n) is 4.78. The van der Waals surface area contributed by atoms with E-state index in [1.54, 1.807) is 16.3 Å². The van der Waals surface area contributed by atoms with Gasteiger partial charge in [-0.3, -0.25) is 9.10 Å². The SMILES string of the molecule is CC.CC.CCN1SCCC1=O. The molecule has 1 aliphatic heterocycles. The van der Waals surface area contributed by atoms with Crippen molar-refractivity contribution in [3.8, 4) is 0 Å². The highest BCUT2D eigenvalue weighted by molar-refractivity contribution is 7.97. The second kappa shape index (κ2) is 10.8. The van der Waals surface area contributed by atoms with Crippen LogP contribution >= 0.6 is 11.9 Å². The molecule has 1 aliphatic rings. The molecule has 1 saturated heterocycles. The normalized spacial score (nSPS) is 14.4. The monoisotopic (exact) mass is 191 g/mol. The lowest BCUT2D eigenvalue weighted by atomic mass is 10.4. The summed E-state index contributed by atoms with van der Waals surface area (Å²) in [4.78, 5) is 10.7. The summed E-state index contributed by atoms with van der Waals surface area (Å²) in [5.74, 6) is 1.27. The molecular weight excluding hydrogens is 170 g/mol. The molecule has 12 heavy (non-hydrogen) atoms. The molecule has 0 saturated carbocycles. The van der Waals surface area contributed by atoms with Crippen LogP contribution in [0, 0.1) is 0 Å². The van der Waals surface area contributed by atoms with Crippen molar-refractivity contribution in [2.75, 3.05) is 12.3 Å². The maximum Gasteiger partial charge on any atom is 0.233 e. The van der Waals surface area contributed by atoms with Crippen molar-refractivity contribution in [1.82, 2.24) is 4.31 Å². The summed E-state index contributed by atoms with van der Waals surface area (Å²) in [5.41, 5.74) is 0. The topological polar surface area (TPSA) is 20.3 Å². The van der Waals surface area contributed by atoms with Crippen molar-refractivity contribution in [1.29, 1.82) is 0 Å². The second-order valence-electron chi connectivity index (χ2n) is 1.67. The largest absolute Gasteiger partial charge is 0.287 e. The molecule has 0 N–H and O–H groups in total. The molecule has 2 nitrogen and oxygen atoms in total. The summed E-state index contributed by atoms with van der Waals surface area (Å²) in [6, 6.07) is 0. The zero-order valence-electron chi connectivity index (χ0n) is 8.89. The number of carbonyl (C=O) groups excluding carboxylic acids is 1. The minimum Gasteiger partial charge on any atom is -0.287 e. The van der Waals surface area contributed by atoms with Gasteiger partial charge < -0.3 is 0 Å². The lowest BCUT2D eigenvalue weighted by Gasteiger charge is -2.08. The first-order chi connectivity index (χ1) is 5.84. The van der Waals surface area contributed by atoms with Gasteiger partial charge >= 0.3 is 0 Å². The van der Waals surface area contributed by atoms with Crippen LogP contribution in [-0.4, -0.2) is 22.5 Å². The molecule has 0 atom stereocenters. The van der Waals surface area contributed by atoms with E-state index in [1.165, 1.54) is 0 Å². The van der Waals surface area contributed by atoms with Gasteiger partial charge in [-0.1, -0.05) is 27.7 Å². The molecule has 3 heteroatoms. The third kappa shape index (κ3) is 5.47. The number of rotatable bonds is 1. The number of amides is 1. The molecule has 0 radical (unpaired) electrons. The van der Waals surface area contributed by atoms with Crippen molar-refractivity contribution >= 4 is 17.9 Å². The second-order valence-corrected chi connectivity index (χ2v) is 2.78. The molecule has 0 aromatic carbocycles. The van der Waals surface area contributed by atoms with Gasteiger partial charge in [-0.15, -0.1) is 0 Å². The minimum atomic E-state index is 0.289. The Morgan fingerprint density at radius 1 is 1.33 bits per heavy atom. The molecule has 0 aliphatic carbocycles. The van der Waals surface area contributed by atoms with Gasteiger partial charge in [-0.05, 0) is 18.9 Å². The van der Waals surface area contributed by atoms with E-state index < -0.39 is 0 Å². The van der Waals surface area contributed by atoms with Crippen LogP contribution < -0.4 is 0 Å². The van der Waals surface area contributed by atoms with Gasteiger partial charge in [0.25, 0.3) is 0 Å². The molecule has 1 amide bonds. The Morgan fingerprint density at radius 2 is 1.83 bits per heavy atom. The van der Waals surface area contributed by atoms with Crippen LogP contribution in [-0.2, 0) is 4.79 Å². The van der Waals surface area contributed by atoms with Crippen molar-refractivity contribution in [2.45, 2.75) is 41.0 Å². The molecule has 1 rings (SSSR count). The molecule has 1 heterocycles. The summed E-state index contributed by atoms with van der Waals surface area (Å²) in [5, 5.41) is 0. The Hall–Kier alpha value is -0.180. The van der Waals surface area contributed by atoms with Crippen molar-refractivity contribution in [3.05, 3.63) is 0 Å². The van der Waals surface area contributed by atoms with E-state index in [-0.39, 0.29) is 5.91 Å². The van der Waals surface area contributed by atoms with E-state index in [4.69, 9.17) is 0 Å². The van der Waals surface area contributed by atoms with Crippen LogP contribution in [0.25, 0.3) is 0 Å². The predicted octanol–water partition coefficient (Wildman–Crippen LogP) is 2.94. The van der Waals surface area contributed by atoms with Crippen LogP contribution in [0.2, 0.25) is 0 Å². The smallest absolute Gasteiger partial charge is 0.233 e. The third-order valence-corrected chi connectivity index (χ3v) is 2.29. The molecular formula is C9H21NOS. The maximum absolute atomic E-state index is 10.7. The van der Waals surface area contributed by atoms with Gasteiger partial charge in [0.2, 0.25) is 5.91 Å². The highest BCUT2D eigenvalue weighted by atomic mass is 32.2. The minimum absolute atomic E-state index is 0.289. The molecule has 0 spiro atoms.